The molecule has 2 aliphatic rings. The van der Waals surface area contributed by atoms with Gasteiger partial charge in [-0.15, -0.1) is 0 Å². The van der Waals surface area contributed by atoms with Crippen molar-refractivity contribution in [3.05, 3.63) is 40.4 Å². The molecule has 3 N–H and O–H groups in total. The quantitative estimate of drug-likeness (QED) is 0.583. The molecule has 2 aromatic rings. The SMILES string of the molecule is CC(C)N(CC(=O)NN1C(=O)NC2(CCCCC2)C1=O)Cc1nc2ccccc2c(=O)[nH]1. The zero-order valence-corrected chi connectivity index (χ0v) is 18.3. The number of carbonyl (C=O) groups is 3. The van der Waals surface area contributed by atoms with E-state index in [2.05, 4.69) is 20.7 Å². The normalized spacial score (nSPS) is 18.1. The number of carbonyl (C=O) groups excluding carboxylic acids is 3. The number of benzene rings is 1. The van der Waals surface area contributed by atoms with Gasteiger partial charge in [0.05, 0.1) is 24.0 Å². The molecule has 170 valence electrons. The van der Waals surface area contributed by atoms with Crippen LogP contribution in [-0.4, -0.2) is 55.8 Å². The molecular weight excluding hydrogens is 412 g/mol. The maximum absolute atomic E-state index is 12.9. The number of imide groups is 1. The summed E-state index contributed by atoms with van der Waals surface area (Å²) in [5.74, 6) is -0.447. The van der Waals surface area contributed by atoms with Gasteiger partial charge in [0, 0.05) is 6.04 Å². The van der Waals surface area contributed by atoms with Crippen LogP contribution in [0, 0.1) is 0 Å². The number of rotatable bonds is 6. The van der Waals surface area contributed by atoms with E-state index in [0.717, 1.165) is 24.3 Å². The Morgan fingerprint density at radius 3 is 2.62 bits per heavy atom. The van der Waals surface area contributed by atoms with Crippen LogP contribution in [0.3, 0.4) is 0 Å². The number of aromatic nitrogens is 2. The van der Waals surface area contributed by atoms with Crippen molar-refractivity contribution < 1.29 is 14.4 Å². The largest absolute Gasteiger partial charge is 0.344 e. The summed E-state index contributed by atoms with van der Waals surface area (Å²) in [6.07, 6.45) is 3.94. The van der Waals surface area contributed by atoms with E-state index < -0.39 is 23.4 Å². The number of hydrogen-bond acceptors (Lipinski definition) is 6. The minimum absolute atomic E-state index is 0.0506. The number of fused-ring (bicyclic) bond motifs is 1. The number of hydrogen-bond donors (Lipinski definition) is 3. The average Bonchev–Trinajstić information content (AvgIpc) is 2.97. The molecule has 10 nitrogen and oxygen atoms in total. The molecule has 1 aromatic heterocycles. The number of H-pyrrole nitrogens is 1. The van der Waals surface area contributed by atoms with E-state index in [1.165, 1.54) is 0 Å². The highest BCUT2D eigenvalue weighted by Gasteiger charge is 2.52. The van der Waals surface area contributed by atoms with Crippen LogP contribution in [-0.2, 0) is 16.1 Å². The van der Waals surface area contributed by atoms with E-state index in [0.29, 0.717) is 29.6 Å². The second kappa shape index (κ2) is 8.70. The van der Waals surface area contributed by atoms with Gasteiger partial charge in [-0.2, -0.15) is 5.01 Å². The molecular formula is C22H28N6O4. The number of urea groups is 1. The molecule has 2 fully saturated rings. The summed E-state index contributed by atoms with van der Waals surface area (Å²) in [5.41, 5.74) is 1.91. The Balaban J connectivity index is 1.44. The average molecular weight is 441 g/mol. The Morgan fingerprint density at radius 1 is 1.19 bits per heavy atom. The van der Waals surface area contributed by atoms with Crippen LogP contribution < -0.4 is 16.3 Å². The number of hydrazine groups is 1. The summed E-state index contributed by atoms with van der Waals surface area (Å²) in [7, 11) is 0. The summed E-state index contributed by atoms with van der Waals surface area (Å²) in [6, 6.07) is 6.40. The molecule has 1 aliphatic heterocycles. The van der Waals surface area contributed by atoms with Gasteiger partial charge in [0.15, 0.2) is 0 Å². The minimum atomic E-state index is -0.894. The van der Waals surface area contributed by atoms with Crippen molar-refractivity contribution in [3.8, 4) is 0 Å². The lowest BCUT2D eigenvalue weighted by molar-refractivity contribution is -0.140. The van der Waals surface area contributed by atoms with E-state index in [1.54, 1.807) is 23.1 Å². The molecule has 1 spiro atoms. The molecule has 2 heterocycles. The molecule has 10 heteroatoms. The monoisotopic (exact) mass is 440 g/mol. The zero-order valence-electron chi connectivity index (χ0n) is 18.3. The van der Waals surface area contributed by atoms with Crippen molar-refractivity contribution in [1.29, 1.82) is 0 Å². The molecule has 1 saturated heterocycles. The van der Waals surface area contributed by atoms with Crippen LogP contribution in [0.2, 0.25) is 0 Å². The zero-order chi connectivity index (χ0) is 22.9. The first-order valence-electron chi connectivity index (χ1n) is 11.0. The van der Waals surface area contributed by atoms with E-state index in [4.69, 9.17) is 0 Å². The first-order chi connectivity index (χ1) is 15.3. The van der Waals surface area contributed by atoms with Crippen LogP contribution in [0.15, 0.2) is 29.1 Å². The maximum atomic E-state index is 12.9. The van der Waals surface area contributed by atoms with Crippen LogP contribution in [0.5, 0.6) is 0 Å². The van der Waals surface area contributed by atoms with E-state index in [1.807, 2.05) is 19.9 Å². The van der Waals surface area contributed by atoms with Gasteiger partial charge in [0.25, 0.3) is 17.4 Å². The summed E-state index contributed by atoms with van der Waals surface area (Å²) in [6.45, 7) is 3.99. The Labute approximate surface area is 185 Å². The lowest BCUT2D eigenvalue weighted by atomic mass is 9.82. The van der Waals surface area contributed by atoms with Crippen LogP contribution >= 0.6 is 0 Å². The molecule has 1 saturated carbocycles. The standard InChI is InChI=1S/C22H28N6O4/c1-14(2)27(12-17-23-16-9-5-4-8-15(16)19(30)24-17)13-18(29)26-28-20(31)22(25-21(28)32)10-6-3-7-11-22/h4-5,8-9,14H,3,6-7,10-13H2,1-2H3,(H,25,32)(H,26,29)(H,23,24,30). The lowest BCUT2D eigenvalue weighted by Gasteiger charge is -2.30. The molecule has 0 unspecified atom stereocenters. The summed E-state index contributed by atoms with van der Waals surface area (Å²) in [5, 5.41) is 4.08. The van der Waals surface area contributed by atoms with Crippen LogP contribution in [0.4, 0.5) is 4.79 Å². The predicted molar refractivity (Wildman–Crippen MR) is 117 cm³/mol. The fourth-order valence-corrected chi connectivity index (χ4v) is 4.38. The van der Waals surface area contributed by atoms with Gasteiger partial charge in [-0.05, 0) is 38.8 Å². The van der Waals surface area contributed by atoms with Crippen molar-refractivity contribution in [2.75, 3.05) is 6.54 Å². The third kappa shape index (κ3) is 4.22. The summed E-state index contributed by atoms with van der Waals surface area (Å²) >= 11 is 0. The fourth-order valence-electron chi connectivity index (χ4n) is 4.38. The molecule has 4 rings (SSSR count). The highest BCUT2D eigenvalue weighted by atomic mass is 16.2. The molecule has 0 radical (unpaired) electrons. The van der Waals surface area contributed by atoms with Gasteiger partial charge >= 0.3 is 6.03 Å². The van der Waals surface area contributed by atoms with Crippen LogP contribution in [0.1, 0.15) is 51.8 Å². The lowest BCUT2D eigenvalue weighted by Crippen LogP contribution is -2.52. The Bertz CT molecular complexity index is 1110. The van der Waals surface area contributed by atoms with Crippen molar-refractivity contribution in [1.82, 2.24) is 30.6 Å². The van der Waals surface area contributed by atoms with Gasteiger partial charge in [0.1, 0.15) is 11.4 Å². The van der Waals surface area contributed by atoms with Gasteiger partial charge in [-0.1, -0.05) is 31.4 Å². The third-order valence-electron chi connectivity index (χ3n) is 6.20. The molecule has 0 atom stereocenters. The van der Waals surface area contributed by atoms with Gasteiger partial charge in [-0.3, -0.25) is 24.7 Å². The van der Waals surface area contributed by atoms with E-state index in [-0.39, 0.29) is 24.7 Å². The summed E-state index contributed by atoms with van der Waals surface area (Å²) in [4.78, 5) is 59.4. The second-order valence-electron chi connectivity index (χ2n) is 8.78. The summed E-state index contributed by atoms with van der Waals surface area (Å²) < 4.78 is 0. The van der Waals surface area contributed by atoms with Crippen molar-refractivity contribution in [2.45, 2.75) is 64.1 Å². The number of aromatic amines is 1. The van der Waals surface area contributed by atoms with Gasteiger partial charge in [0.2, 0.25) is 0 Å². The molecule has 4 amide bonds. The fraction of sp³-hybridized carbons (Fsp3) is 0.500. The Hall–Kier alpha value is -3.27. The minimum Gasteiger partial charge on any atom is -0.322 e. The number of amides is 4. The Kier molecular flexibility index (Phi) is 5.96. The molecule has 1 aliphatic carbocycles. The molecule has 32 heavy (non-hydrogen) atoms. The first-order valence-corrected chi connectivity index (χ1v) is 11.0. The molecule has 1 aromatic carbocycles. The molecule has 0 bridgehead atoms. The highest BCUT2D eigenvalue weighted by Crippen LogP contribution is 2.32. The number of nitrogens with zero attached hydrogens (tertiary/aromatic N) is 3. The van der Waals surface area contributed by atoms with E-state index >= 15 is 0 Å². The van der Waals surface area contributed by atoms with Gasteiger partial charge < -0.3 is 10.3 Å². The van der Waals surface area contributed by atoms with Crippen LogP contribution in [0.25, 0.3) is 10.9 Å². The Morgan fingerprint density at radius 2 is 1.91 bits per heavy atom. The smallest absolute Gasteiger partial charge is 0.322 e. The van der Waals surface area contributed by atoms with Crippen molar-refractivity contribution in [3.63, 3.8) is 0 Å². The number of nitrogens with one attached hydrogen (secondary N) is 3. The van der Waals surface area contributed by atoms with Crippen molar-refractivity contribution in [2.24, 2.45) is 0 Å². The first kappa shape index (κ1) is 21.9. The topological polar surface area (TPSA) is 128 Å². The van der Waals surface area contributed by atoms with E-state index in [9.17, 15) is 19.2 Å². The van der Waals surface area contributed by atoms with Gasteiger partial charge in [-0.25, -0.2) is 9.78 Å². The van der Waals surface area contributed by atoms with Crippen molar-refractivity contribution >= 4 is 28.7 Å². The predicted octanol–water partition coefficient (Wildman–Crippen LogP) is 1.42. The second-order valence-corrected chi connectivity index (χ2v) is 8.78. The highest BCUT2D eigenvalue weighted by molar-refractivity contribution is 6.08. The maximum Gasteiger partial charge on any atom is 0.344 e. The third-order valence-corrected chi connectivity index (χ3v) is 6.20. The number of para-hydroxylation sites is 1.